The van der Waals surface area contributed by atoms with Gasteiger partial charge in [0.1, 0.15) is 5.76 Å². The Labute approximate surface area is 111 Å². The lowest BCUT2D eigenvalue weighted by atomic mass is 10.2. The van der Waals surface area contributed by atoms with E-state index in [0.29, 0.717) is 0 Å². The van der Waals surface area contributed by atoms with Crippen LogP contribution in [0.4, 0.5) is 0 Å². The zero-order valence-electron chi connectivity index (χ0n) is 11.6. The van der Waals surface area contributed by atoms with Crippen LogP contribution in [0.15, 0.2) is 16.7 Å². The molecule has 102 valence electrons. The summed E-state index contributed by atoms with van der Waals surface area (Å²) in [6.45, 7) is 7.64. The van der Waals surface area contributed by atoms with Gasteiger partial charge in [-0.2, -0.15) is 0 Å². The highest BCUT2D eigenvalue weighted by Gasteiger charge is 2.13. The van der Waals surface area contributed by atoms with E-state index in [9.17, 15) is 0 Å². The summed E-state index contributed by atoms with van der Waals surface area (Å²) in [6, 6.07) is 2.11. The summed E-state index contributed by atoms with van der Waals surface area (Å²) in [6.07, 6.45) is 8.46. The first kappa shape index (κ1) is 13.6. The fourth-order valence-corrected chi connectivity index (χ4v) is 2.56. The smallest absolute Gasteiger partial charge is 0.122 e. The van der Waals surface area contributed by atoms with Gasteiger partial charge >= 0.3 is 0 Å². The maximum atomic E-state index is 5.66. The van der Waals surface area contributed by atoms with Crippen molar-refractivity contribution in [2.45, 2.75) is 52.1 Å². The van der Waals surface area contributed by atoms with Crippen molar-refractivity contribution in [3.63, 3.8) is 0 Å². The van der Waals surface area contributed by atoms with Crippen molar-refractivity contribution < 1.29 is 4.42 Å². The van der Waals surface area contributed by atoms with Crippen molar-refractivity contribution in [3.8, 4) is 0 Å². The van der Waals surface area contributed by atoms with Crippen LogP contribution >= 0.6 is 0 Å². The molecule has 2 rings (SSSR count). The van der Waals surface area contributed by atoms with Crippen LogP contribution in [-0.2, 0) is 13.1 Å². The lowest BCUT2D eigenvalue weighted by Crippen LogP contribution is -2.24. The topological polar surface area (TPSA) is 28.4 Å². The number of likely N-dealkylation sites (tertiary alicyclic amines) is 1. The highest BCUT2D eigenvalue weighted by molar-refractivity contribution is 5.16. The number of hydrogen-bond donors (Lipinski definition) is 1. The first-order valence-corrected chi connectivity index (χ1v) is 7.38. The number of rotatable bonds is 6. The molecule has 0 saturated carbocycles. The van der Waals surface area contributed by atoms with E-state index >= 15 is 0 Å². The van der Waals surface area contributed by atoms with Crippen LogP contribution in [0.3, 0.4) is 0 Å². The van der Waals surface area contributed by atoms with Crippen LogP contribution < -0.4 is 5.32 Å². The maximum Gasteiger partial charge on any atom is 0.122 e. The molecule has 0 amide bonds. The van der Waals surface area contributed by atoms with Gasteiger partial charge in [-0.05, 0) is 45.0 Å². The molecule has 1 aromatic rings. The van der Waals surface area contributed by atoms with Crippen molar-refractivity contribution >= 4 is 0 Å². The fourth-order valence-electron chi connectivity index (χ4n) is 2.56. The largest absolute Gasteiger partial charge is 0.468 e. The van der Waals surface area contributed by atoms with Crippen molar-refractivity contribution in [1.82, 2.24) is 10.2 Å². The van der Waals surface area contributed by atoms with E-state index in [1.165, 1.54) is 50.8 Å². The normalized spacial score (nSPS) is 17.8. The van der Waals surface area contributed by atoms with Gasteiger partial charge in [-0.25, -0.2) is 0 Å². The molecule has 2 heterocycles. The van der Waals surface area contributed by atoms with E-state index in [1.807, 2.05) is 6.26 Å². The first-order chi connectivity index (χ1) is 8.90. The molecular formula is C15H26N2O. The Morgan fingerprint density at radius 1 is 1.22 bits per heavy atom. The van der Waals surface area contributed by atoms with Crippen molar-refractivity contribution in [2.75, 3.05) is 19.6 Å². The average Bonchev–Trinajstić information content (AvgIpc) is 2.65. The molecule has 0 radical (unpaired) electrons. The molecule has 0 bridgehead atoms. The Bertz CT molecular complexity index is 327. The van der Waals surface area contributed by atoms with Gasteiger partial charge in [0.25, 0.3) is 0 Å². The van der Waals surface area contributed by atoms with Crippen LogP contribution in [0, 0.1) is 0 Å². The van der Waals surface area contributed by atoms with Gasteiger partial charge in [0.2, 0.25) is 0 Å². The van der Waals surface area contributed by atoms with Crippen molar-refractivity contribution in [3.05, 3.63) is 23.7 Å². The molecule has 1 aliphatic heterocycles. The zero-order valence-corrected chi connectivity index (χ0v) is 11.6. The van der Waals surface area contributed by atoms with Crippen molar-refractivity contribution in [1.29, 1.82) is 0 Å². The highest BCUT2D eigenvalue weighted by atomic mass is 16.3. The third kappa shape index (κ3) is 4.14. The van der Waals surface area contributed by atoms with Crippen molar-refractivity contribution in [2.24, 2.45) is 0 Å². The predicted molar refractivity (Wildman–Crippen MR) is 74.5 cm³/mol. The van der Waals surface area contributed by atoms with Gasteiger partial charge in [0, 0.05) is 12.1 Å². The molecule has 1 fully saturated rings. The third-order valence-corrected chi connectivity index (χ3v) is 3.65. The summed E-state index contributed by atoms with van der Waals surface area (Å²) in [7, 11) is 0. The SMILES string of the molecule is CCCNCc1ccoc1CN1CCCCCC1. The summed E-state index contributed by atoms with van der Waals surface area (Å²) in [5.41, 5.74) is 1.33. The van der Waals surface area contributed by atoms with E-state index < -0.39 is 0 Å². The predicted octanol–water partition coefficient (Wildman–Crippen LogP) is 3.16. The Morgan fingerprint density at radius 3 is 2.72 bits per heavy atom. The minimum Gasteiger partial charge on any atom is -0.468 e. The Morgan fingerprint density at radius 2 is 2.00 bits per heavy atom. The van der Waals surface area contributed by atoms with E-state index in [4.69, 9.17) is 4.42 Å². The van der Waals surface area contributed by atoms with Gasteiger partial charge in [-0.15, -0.1) is 0 Å². The summed E-state index contributed by atoms with van der Waals surface area (Å²) < 4.78 is 5.66. The second-order valence-electron chi connectivity index (χ2n) is 5.24. The molecule has 3 heteroatoms. The molecule has 18 heavy (non-hydrogen) atoms. The van der Waals surface area contributed by atoms with Crippen LogP contribution in [0.2, 0.25) is 0 Å². The molecule has 3 nitrogen and oxygen atoms in total. The van der Waals surface area contributed by atoms with Crippen LogP contribution in [0.5, 0.6) is 0 Å². The van der Waals surface area contributed by atoms with Gasteiger partial charge < -0.3 is 9.73 Å². The minimum atomic E-state index is 0.938. The Balaban J connectivity index is 1.85. The maximum absolute atomic E-state index is 5.66. The van der Waals surface area contributed by atoms with Gasteiger partial charge in [-0.1, -0.05) is 19.8 Å². The zero-order chi connectivity index (χ0) is 12.6. The highest BCUT2D eigenvalue weighted by Crippen LogP contribution is 2.17. The first-order valence-electron chi connectivity index (χ1n) is 7.38. The van der Waals surface area contributed by atoms with Gasteiger partial charge in [-0.3, -0.25) is 4.90 Å². The lowest BCUT2D eigenvalue weighted by Gasteiger charge is -2.19. The van der Waals surface area contributed by atoms with Gasteiger partial charge in [0.05, 0.1) is 12.8 Å². The number of furan rings is 1. The quantitative estimate of drug-likeness (QED) is 0.786. The Hall–Kier alpha value is -0.800. The second kappa shape index (κ2) is 7.59. The molecule has 0 spiro atoms. The molecule has 0 aromatic carbocycles. The van der Waals surface area contributed by atoms with E-state index in [0.717, 1.165) is 25.4 Å². The summed E-state index contributed by atoms with van der Waals surface area (Å²) in [5.74, 6) is 1.15. The standard InChI is InChI=1S/C15H26N2O/c1-2-8-16-12-14-7-11-18-15(14)13-17-9-5-3-4-6-10-17/h7,11,16H,2-6,8-10,12-13H2,1H3. The van der Waals surface area contributed by atoms with Crippen LogP contribution in [0.1, 0.15) is 50.4 Å². The monoisotopic (exact) mass is 250 g/mol. The number of hydrogen-bond acceptors (Lipinski definition) is 3. The van der Waals surface area contributed by atoms with Gasteiger partial charge in [0.15, 0.2) is 0 Å². The van der Waals surface area contributed by atoms with E-state index in [1.54, 1.807) is 0 Å². The summed E-state index contributed by atoms with van der Waals surface area (Å²) in [5, 5.41) is 3.45. The van der Waals surface area contributed by atoms with Crippen LogP contribution in [-0.4, -0.2) is 24.5 Å². The summed E-state index contributed by atoms with van der Waals surface area (Å²) in [4.78, 5) is 2.54. The molecule has 1 saturated heterocycles. The lowest BCUT2D eigenvalue weighted by molar-refractivity contribution is 0.251. The number of nitrogens with one attached hydrogen (secondary N) is 1. The molecule has 1 aliphatic rings. The third-order valence-electron chi connectivity index (χ3n) is 3.65. The second-order valence-corrected chi connectivity index (χ2v) is 5.24. The molecule has 0 atom stereocenters. The summed E-state index contributed by atoms with van der Waals surface area (Å²) >= 11 is 0. The minimum absolute atomic E-state index is 0.938. The average molecular weight is 250 g/mol. The molecule has 0 unspecified atom stereocenters. The Kier molecular flexibility index (Phi) is 5.75. The molecule has 1 N–H and O–H groups in total. The molecular weight excluding hydrogens is 224 g/mol. The van der Waals surface area contributed by atoms with Crippen LogP contribution in [0.25, 0.3) is 0 Å². The molecule has 0 aliphatic carbocycles. The fraction of sp³-hybridized carbons (Fsp3) is 0.733. The number of nitrogens with zero attached hydrogens (tertiary/aromatic N) is 1. The van der Waals surface area contributed by atoms with E-state index in [-0.39, 0.29) is 0 Å². The molecule has 1 aromatic heterocycles. The van der Waals surface area contributed by atoms with E-state index in [2.05, 4.69) is 23.2 Å².